The maximum absolute atomic E-state index is 12.2. The van der Waals surface area contributed by atoms with E-state index in [0.29, 0.717) is 5.56 Å². The molecule has 1 N–H and O–H groups in total. The molecule has 0 aromatic heterocycles. The lowest BCUT2D eigenvalue weighted by molar-refractivity contribution is 0.102. The number of hydrogen-bond donors (Lipinski definition) is 1. The number of benzene rings is 3. The molecule has 1 amide bonds. The van der Waals surface area contributed by atoms with Gasteiger partial charge in [0.2, 0.25) is 0 Å². The summed E-state index contributed by atoms with van der Waals surface area (Å²) in [4.78, 5) is 13.3. The van der Waals surface area contributed by atoms with Crippen LogP contribution in [0.15, 0.2) is 89.8 Å². The van der Waals surface area contributed by atoms with E-state index < -0.39 is 0 Å². The summed E-state index contributed by atoms with van der Waals surface area (Å²) in [6.07, 6.45) is 0. The van der Waals surface area contributed by atoms with Crippen LogP contribution in [0.1, 0.15) is 15.9 Å². The Hall–Kier alpha value is -2.52. The lowest BCUT2D eigenvalue weighted by Crippen LogP contribution is -2.11. The van der Waals surface area contributed by atoms with E-state index in [4.69, 9.17) is 0 Å². The van der Waals surface area contributed by atoms with Gasteiger partial charge in [-0.3, -0.25) is 4.79 Å². The molecule has 0 aliphatic carbocycles. The van der Waals surface area contributed by atoms with Gasteiger partial charge in [-0.15, -0.1) is 11.8 Å². The van der Waals surface area contributed by atoms with Crippen molar-refractivity contribution in [1.82, 2.24) is 0 Å². The zero-order chi connectivity index (χ0) is 15.9. The predicted molar refractivity (Wildman–Crippen MR) is 96.8 cm³/mol. The molecule has 3 rings (SSSR count). The highest BCUT2D eigenvalue weighted by molar-refractivity contribution is 7.98. The Morgan fingerprint density at radius 1 is 0.826 bits per heavy atom. The van der Waals surface area contributed by atoms with E-state index >= 15 is 0 Å². The number of rotatable bonds is 5. The highest BCUT2D eigenvalue weighted by Crippen LogP contribution is 2.25. The number of carbonyl (C=O) groups is 1. The van der Waals surface area contributed by atoms with Gasteiger partial charge in [0.05, 0.1) is 0 Å². The summed E-state index contributed by atoms with van der Waals surface area (Å²) in [5.41, 5.74) is 2.77. The van der Waals surface area contributed by atoms with Crippen molar-refractivity contribution in [2.24, 2.45) is 0 Å². The molecular weight excluding hydrogens is 302 g/mol. The minimum absolute atomic E-state index is 0.0872. The van der Waals surface area contributed by atoms with Gasteiger partial charge in [-0.2, -0.15) is 0 Å². The molecule has 0 heterocycles. The Labute approximate surface area is 140 Å². The van der Waals surface area contributed by atoms with Crippen LogP contribution in [-0.4, -0.2) is 5.91 Å². The van der Waals surface area contributed by atoms with Crippen molar-refractivity contribution in [3.05, 3.63) is 96.1 Å². The van der Waals surface area contributed by atoms with Crippen LogP contribution in [0.3, 0.4) is 0 Å². The van der Waals surface area contributed by atoms with E-state index in [0.717, 1.165) is 16.3 Å². The van der Waals surface area contributed by atoms with E-state index in [-0.39, 0.29) is 5.91 Å². The maximum Gasteiger partial charge on any atom is 0.255 e. The summed E-state index contributed by atoms with van der Waals surface area (Å²) in [6.45, 7) is 0. The Morgan fingerprint density at radius 3 is 2.26 bits per heavy atom. The molecule has 0 fully saturated rings. The quantitative estimate of drug-likeness (QED) is 0.652. The third kappa shape index (κ3) is 4.47. The normalized spacial score (nSPS) is 10.3. The summed E-state index contributed by atoms with van der Waals surface area (Å²) in [5.74, 6) is 0.826. The van der Waals surface area contributed by atoms with E-state index in [1.54, 1.807) is 11.8 Å². The van der Waals surface area contributed by atoms with Crippen LogP contribution in [-0.2, 0) is 5.75 Å². The standard InChI is InChI=1S/C20H17NOS/c22-20(17-10-5-2-6-11-17)21-18-12-7-13-19(14-18)23-15-16-8-3-1-4-9-16/h1-14H,15H2,(H,21,22). The lowest BCUT2D eigenvalue weighted by Gasteiger charge is -2.07. The van der Waals surface area contributed by atoms with E-state index in [1.165, 1.54) is 5.56 Å². The van der Waals surface area contributed by atoms with Gasteiger partial charge < -0.3 is 5.32 Å². The van der Waals surface area contributed by atoms with Gasteiger partial charge in [0.15, 0.2) is 0 Å². The number of nitrogens with one attached hydrogen (secondary N) is 1. The zero-order valence-corrected chi connectivity index (χ0v) is 13.4. The van der Waals surface area contributed by atoms with Crippen LogP contribution >= 0.6 is 11.8 Å². The van der Waals surface area contributed by atoms with Crippen LogP contribution < -0.4 is 5.32 Å². The van der Waals surface area contributed by atoms with Crippen molar-refractivity contribution in [2.75, 3.05) is 5.32 Å². The van der Waals surface area contributed by atoms with Crippen molar-refractivity contribution in [3.63, 3.8) is 0 Å². The smallest absolute Gasteiger partial charge is 0.255 e. The maximum atomic E-state index is 12.2. The fourth-order valence-electron chi connectivity index (χ4n) is 2.20. The van der Waals surface area contributed by atoms with Gasteiger partial charge in [-0.1, -0.05) is 54.6 Å². The first-order valence-corrected chi connectivity index (χ1v) is 8.43. The number of anilines is 1. The lowest BCUT2D eigenvalue weighted by atomic mass is 10.2. The van der Waals surface area contributed by atoms with E-state index in [9.17, 15) is 4.79 Å². The number of amides is 1. The number of hydrogen-bond acceptors (Lipinski definition) is 2. The molecule has 2 nitrogen and oxygen atoms in total. The van der Waals surface area contributed by atoms with Crippen LogP contribution in [0.25, 0.3) is 0 Å². The second-order valence-electron chi connectivity index (χ2n) is 5.12. The zero-order valence-electron chi connectivity index (χ0n) is 12.6. The molecule has 3 heteroatoms. The molecule has 0 spiro atoms. The minimum Gasteiger partial charge on any atom is -0.322 e. The molecule has 0 bridgehead atoms. The second-order valence-corrected chi connectivity index (χ2v) is 6.17. The van der Waals surface area contributed by atoms with Crippen molar-refractivity contribution in [3.8, 4) is 0 Å². The monoisotopic (exact) mass is 319 g/mol. The first-order chi connectivity index (χ1) is 11.3. The minimum atomic E-state index is -0.0872. The average molecular weight is 319 g/mol. The molecule has 0 saturated carbocycles. The number of carbonyl (C=O) groups excluding carboxylic acids is 1. The molecule has 114 valence electrons. The van der Waals surface area contributed by atoms with Crippen molar-refractivity contribution in [1.29, 1.82) is 0 Å². The average Bonchev–Trinajstić information content (AvgIpc) is 2.62. The topological polar surface area (TPSA) is 29.1 Å². The molecule has 0 radical (unpaired) electrons. The predicted octanol–water partition coefficient (Wildman–Crippen LogP) is 5.23. The largest absolute Gasteiger partial charge is 0.322 e. The Kier molecular flexibility index (Phi) is 5.12. The molecular formula is C20H17NOS. The first kappa shape index (κ1) is 15.4. The highest BCUT2D eigenvalue weighted by Gasteiger charge is 2.05. The molecule has 3 aromatic rings. The van der Waals surface area contributed by atoms with Crippen LogP contribution in [0.2, 0.25) is 0 Å². The van der Waals surface area contributed by atoms with Gasteiger partial charge in [-0.05, 0) is 35.9 Å². The Balaban J connectivity index is 1.64. The molecule has 0 saturated heterocycles. The molecule has 0 unspecified atom stereocenters. The highest BCUT2D eigenvalue weighted by atomic mass is 32.2. The third-order valence-corrected chi connectivity index (χ3v) is 4.44. The van der Waals surface area contributed by atoms with Crippen LogP contribution in [0.5, 0.6) is 0 Å². The number of thioether (sulfide) groups is 1. The summed E-state index contributed by atoms with van der Waals surface area (Å²) in [6, 6.07) is 27.5. The van der Waals surface area contributed by atoms with Crippen LogP contribution in [0.4, 0.5) is 5.69 Å². The van der Waals surface area contributed by atoms with E-state index in [1.807, 2.05) is 66.7 Å². The molecule has 0 atom stereocenters. The third-order valence-electron chi connectivity index (χ3n) is 3.38. The van der Waals surface area contributed by atoms with Gasteiger partial charge in [0.25, 0.3) is 5.91 Å². The van der Waals surface area contributed by atoms with Gasteiger partial charge in [-0.25, -0.2) is 0 Å². The fraction of sp³-hybridized carbons (Fsp3) is 0.0500. The molecule has 3 aromatic carbocycles. The van der Waals surface area contributed by atoms with E-state index in [2.05, 4.69) is 23.5 Å². The second kappa shape index (κ2) is 7.65. The Bertz CT molecular complexity index is 772. The van der Waals surface area contributed by atoms with Crippen molar-refractivity contribution >= 4 is 23.4 Å². The first-order valence-electron chi connectivity index (χ1n) is 7.44. The van der Waals surface area contributed by atoms with Crippen molar-refractivity contribution in [2.45, 2.75) is 10.6 Å². The fourth-order valence-corrected chi connectivity index (χ4v) is 3.11. The summed E-state index contributed by atoms with van der Waals surface area (Å²) >= 11 is 1.76. The summed E-state index contributed by atoms with van der Waals surface area (Å²) < 4.78 is 0. The molecule has 0 aliphatic rings. The van der Waals surface area contributed by atoms with Gasteiger partial charge in [0, 0.05) is 21.9 Å². The Morgan fingerprint density at radius 2 is 1.52 bits per heavy atom. The molecule has 0 aliphatic heterocycles. The molecule has 23 heavy (non-hydrogen) atoms. The SMILES string of the molecule is O=C(Nc1cccc(SCc2ccccc2)c1)c1ccccc1. The van der Waals surface area contributed by atoms with Gasteiger partial charge in [0.1, 0.15) is 0 Å². The van der Waals surface area contributed by atoms with Gasteiger partial charge >= 0.3 is 0 Å². The summed E-state index contributed by atoms with van der Waals surface area (Å²) in [7, 11) is 0. The summed E-state index contributed by atoms with van der Waals surface area (Å²) in [5, 5.41) is 2.94. The van der Waals surface area contributed by atoms with Crippen LogP contribution in [0, 0.1) is 0 Å². The van der Waals surface area contributed by atoms with Crippen molar-refractivity contribution < 1.29 is 4.79 Å².